The van der Waals surface area contributed by atoms with Gasteiger partial charge in [-0.15, -0.1) is 0 Å². The predicted molar refractivity (Wildman–Crippen MR) is 72.7 cm³/mol. The topological polar surface area (TPSA) is 34.1 Å². The van der Waals surface area contributed by atoms with E-state index < -0.39 is 0 Å². The van der Waals surface area contributed by atoms with Gasteiger partial charge in [0.05, 0.1) is 7.11 Å². The zero-order chi connectivity index (χ0) is 13.7. The molecule has 1 aromatic carbocycles. The second-order valence-corrected chi connectivity index (χ2v) is 4.45. The minimum atomic E-state index is -0.326. The zero-order valence-corrected chi connectivity index (χ0v) is 11.2. The van der Waals surface area contributed by atoms with E-state index in [9.17, 15) is 4.39 Å². The number of hydrogen-bond donors (Lipinski definition) is 1. The van der Waals surface area contributed by atoms with E-state index in [1.165, 1.54) is 12.1 Å². The van der Waals surface area contributed by atoms with Crippen molar-refractivity contribution in [3.63, 3.8) is 0 Å². The third-order valence-electron chi connectivity index (χ3n) is 2.67. The van der Waals surface area contributed by atoms with E-state index in [0.29, 0.717) is 24.0 Å². The average molecular weight is 281 g/mol. The first-order valence-electron chi connectivity index (χ1n) is 5.82. The van der Waals surface area contributed by atoms with Crippen LogP contribution in [0.25, 0.3) is 0 Å². The van der Waals surface area contributed by atoms with E-state index in [-0.39, 0.29) is 5.82 Å². The van der Waals surface area contributed by atoms with Gasteiger partial charge in [0.15, 0.2) is 0 Å². The first-order valence-corrected chi connectivity index (χ1v) is 6.20. The molecule has 2 aromatic rings. The number of nitrogens with zero attached hydrogens (tertiary/aromatic N) is 1. The summed E-state index contributed by atoms with van der Waals surface area (Å²) in [6, 6.07) is 8.16. The predicted octanol–water partition coefficient (Wildman–Crippen LogP) is 3.17. The third-order valence-corrected chi connectivity index (χ3v) is 3.02. The largest absolute Gasteiger partial charge is 0.481 e. The quantitative estimate of drug-likeness (QED) is 0.913. The first-order chi connectivity index (χ1) is 9.19. The lowest BCUT2D eigenvalue weighted by molar-refractivity contribution is 0.397. The number of hydrogen-bond acceptors (Lipinski definition) is 3. The van der Waals surface area contributed by atoms with Crippen LogP contribution in [-0.2, 0) is 13.1 Å². The number of aromatic nitrogens is 1. The number of pyridine rings is 1. The lowest BCUT2D eigenvalue weighted by Gasteiger charge is -2.07. The van der Waals surface area contributed by atoms with Crippen LogP contribution in [0.15, 0.2) is 36.5 Å². The highest BCUT2D eigenvalue weighted by molar-refractivity contribution is 6.31. The van der Waals surface area contributed by atoms with Crippen LogP contribution < -0.4 is 10.1 Å². The molecule has 5 heteroatoms. The Morgan fingerprint density at radius 2 is 2.11 bits per heavy atom. The molecular formula is C14H14ClFN2O. The zero-order valence-electron chi connectivity index (χ0n) is 10.5. The summed E-state index contributed by atoms with van der Waals surface area (Å²) in [5, 5.41) is 3.67. The van der Waals surface area contributed by atoms with E-state index in [2.05, 4.69) is 10.3 Å². The van der Waals surface area contributed by atoms with Crippen LogP contribution in [0.3, 0.4) is 0 Å². The second-order valence-electron chi connectivity index (χ2n) is 4.05. The molecule has 0 spiro atoms. The maximum Gasteiger partial charge on any atom is 0.213 e. The summed E-state index contributed by atoms with van der Waals surface area (Å²) < 4.78 is 17.9. The maximum atomic E-state index is 12.9. The van der Waals surface area contributed by atoms with Gasteiger partial charge in [0.1, 0.15) is 5.82 Å². The SMILES string of the molecule is COc1cc(CNCc2ccc(F)cc2Cl)ccn1. The lowest BCUT2D eigenvalue weighted by atomic mass is 10.2. The van der Waals surface area contributed by atoms with Gasteiger partial charge in [-0.25, -0.2) is 9.37 Å². The molecule has 0 aliphatic rings. The first kappa shape index (κ1) is 13.8. The summed E-state index contributed by atoms with van der Waals surface area (Å²) in [4.78, 5) is 4.04. The molecule has 0 fully saturated rings. The fourth-order valence-electron chi connectivity index (χ4n) is 1.68. The molecule has 0 saturated heterocycles. The number of halogens is 2. The van der Waals surface area contributed by atoms with Gasteiger partial charge in [0.2, 0.25) is 5.88 Å². The smallest absolute Gasteiger partial charge is 0.213 e. The molecule has 1 heterocycles. The molecule has 2 rings (SSSR count). The summed E-state index contributed by atoms with van der Waals surface area (Å²) in [7, 11) is 1.58. The lowest BCUT2D eigenvalue weighted by Crippen LogP contribution is -2.13. The number of ether oxygens (including phenoxy) is 1. The number of rotatable bonds is 5. The molecule has 3 nitrogen and oxygen atoms in total. The van der Waals surface area contributed by atoms with Gasteiger partial charge in [-0.05, 0) is 29.3 Å². The molecule has 100 valence electrons. The van der Waals surface area contributed by atoms with Crippen LogP contribution in [-0.4, -0.2) is 12.1 Å². The van der Waals surface area contributed by atoms with E-state index >= 15 is 0 Å². The standard InChI is InChI=1S/C14H14ClFN2O/c1-19-14-6-10(4-5-18-14)8-17-9-11-2-3-12(16)7-13(11)15/h2-7,17H,8-9H2,1H3. The van der Waals surface area contributed by atoms with E-state index in [0.717, 1.165) is 11.1 Å². The maximum absolute atomic E-state index is 12.9. The highest BCUT2D eigenvalue weighted by Gasteiger charge is 2.02. The number of benzene rings is 1. The molecular weight excluding hydrogens is 267 g/mol. The Kier molecular flexibility index (Phi) is 4.71. The molecule has 1 N–H and O–H groups in total. The van der Waals surface area contributed by atoms with Crippen LogP contribution in [0.5, 0.6) is 5.88 Å². The monoisotopic (exact) mass is 280 g/mol. The Labute approximate surface area is 116 Å². The molecule has 0 saturated carbocycles. The van der Waals surface area contributed by atoms with Gasteiger partial charge < -0.3 is 10.1 Å². The minimum Gasteiger partial charge on any atom is -0.481 e. The molecule has 0 amide bonds. The third kappa shape index (κ3) is 3.91. The number of methoxy groups -OCH3 is 1. The molecule has 0 atom stereocenters. The van der Waals surface area contributed by atoms with E-state index in [1.54, 1.807) is 19.4 Å². The van der Waals surface area contributed by atoms with Crippen molar-refractivity contribution in [1.29, 1.82) is 0 Å². The van der Waals surface area contributed by atoms with Crippen LogP contribution in [0.4, 0.5) is 4.39 Å². The highest BCUT2D eigenvalue weighted by Crippen LogP contribution is 2.17. The molecule has 0 aliphatic heterocycles. The molecule has 1 aromatic heterocycles. The van der Waals surface area contributed by atoms with Crippen LogP contribution in [0, 0.1) is 5.82 Å². The van der Waals surface area contributed by atoms with Gasteiger partial charge in [0, 0.05) is 30.4 Å². The van der Waals surface area contributed by atoms with Gasteiger partial charge in [-0.2, -0.15) is 0 Å². The van der Waals surface area contributed by atoms with Crippen molar-refractivity contribution in [1.82, 2.24) is 10.3 Å². The summed E-state index contributed by atoms with van der Waals surface area (Å²) >= 11 is 5.95. The van der Waals surface area contributed by atoms with Gasteiger partial charge in [-0.1, -0.05) is 17.7 Å². The molecule has 0 bridgehead atoms. The van der Waals surface area contributed by atoms with Gasteiger partial charge in [-0.3, -0.25) is 0 Å². The highest BCUT2D eigenvalue weighted by atomic mass is 35.5. The second kappa shape index (κ2) is 6.50. The molecule has 0 aliphatic carbocycles. The molecule has 0 unspecified atom stereocenters. The summed E-state index contributed by atoms with van der Waals surface area (Å²) in [6.07, 6.45) is 1.70. The summed E-state index contributed by atoms with van der Waals surface area (Å²) in [6.45, 7) is 1.23. The van der Waals surface area contributed by atoms with Crippen molar-refractivity contribution < 1.29 is 9.13 Å². The van der Waals surface area contributed by atoms with Crippen molar-refractivity contribution in [2.24, 2.45) is 0 Å². The number of nitrogens with one attached hydrogen (secondary N) is 1. The summed E-state index contributed by atoms with van der Waals surface area (Å²) in [5.41, 5.74) is 1.93. The molecule has 0 radical (unpaired) electrons. The van der Waals surface area contributed by atoms with Crippen molar-refractivity contribution in [3.05, 3.63) is 58.5 Å². The van der Waals surface area contributed by atoms with Gasteiger partial charge >= 0.3 is 0 Å². The molecule has 19 heavy (non-hydrogen) atoms. The Morgan fingerprint density at radius 1 is 1.26 bits per heavy atom. The Balaban J connectivity index is 1.92. The van der Waals surface area contributed by atoms with Crippen molar-refractivity contribution in [2.45, 2.75) is 13.1 Å². The summed E-state index contributed by atoms with van der Waals surface area (Å²) in [5.74, 6) is 0.256. The Bertz CT molecular complexity index is 563. The van der Waals surface area contributed by atoms with Crippen molar-refractivity contribution in [3.8, 4) is 5.88 Å². The van der Waals surface area contributed by atoms with Crippen molar-refractivity contribution in [2.75, 3.05) is 7.11 Å². The normalized spacial score (nSPS) is 10.5. The van der Waals surface area contributed by atoms with Crippen LogP contribution >= 0.6 is 11.6 Å². The van der Waals surface area contributed by atoms with Gasteiger partial charge in [0.25, 0.3) is 0 Å². The fraction of sp³-hybridized carbons (Fsp3) is 0.214. The minimum absolute atomic E-state index is 0.326. The fourth-order valence-corrected chi connectivity index (χ4v) is 1.91. The van der Waals surface area contributed by atoms with Crippen molar-refractivity contribution >= 4 is 11.6 Å². The van der Waals surface area contributed by atoms with E-state index in [1.807, 2.05) is 12.1 Å². The van der Waals surface area contributed by atoms with E-state index in [4.69, 9.17) is 16.3 Å². The van der Waals surface area contributed by atoms with Crippen LogP contribution in [0.2, 0.25) is 5.02 Å². The Hall–Kier alpha value is -1.65. The van der Waals surface area contributed by atoms with Crippen LogP contribution in [0.1, 0.15) is 11.1 Å². The Morgan fingerprint density at radius 3 is 2.84 bits per heavy atom. The average Bonchev–Trinajstić information content (AvgIpc) is 2.41.